The molecule has 1 saturated heterocycles. The van der Waals surface area contributed by atoms with Crippen molar-refractivity contribution in [3.05, 3.63) is 0 Å². The Morgan fingerprint density at radius 3 is 2.43 bits per heavy atom. The topological polar surface area (TPSA) is 122 Å². The zero-order valence-electron chi connectivity index (χ0n) is 12.8. The highest BCUT2D eigenvalue weighted by Gasteiger charge is 2.29. The molecule has 0 aromatic carbocycles. The van der Waals surface area contributed by atoms with Crippen LogP contribution in [0.1, 0.15) is 39.0 Å². The number of nitrogens with one attached hydrogen (secondary N) is 1. The van der Waals surface area contributed by atoms with Gasteiger partial charge in [0.2, 0.25) is 11.8 Å². The van der Waals surface area contributed by atoms with E-state index in [9.17, 15) is 14.7 Å². The van der Waals surface area contributed by atoms with Gasteiger partial charge in [-0.25, -0.2) is 0 Å². The van der Waals surface area contributed by atoms with Crippen molar-refractivity contribution in [2.75, 3.05) is 19.6 Å². The lowest BCUT2D eigenvalue weighted by atomic mass is 10.1. The summed E-state index contributed by atoms with van der Waals surface area (Å²) < 4.78 is 0. The Labute approximate surface area is 126 Å². The maximum absolute atomic E-state index is 12.4. The number of carbonyl (C=O) groups excluding carboxylic acids is 2. The fourth-order valence-electron chi connectivity index (χ4n) is 2.40. The molecule has 7 nitrogen and oxygen atoms in total. The Kier molecular flexibility index (Phi) is 7.63. The van der Waals surface area contributed by atoms with Crippen molar-refractivity contribution in [1.29, 1.82) is 0 Å². The fraction of sp³-hybridized carbons (Fsp3) is 0.857. The van der Waals surface area contributed by atoms with Crippen LogP contribution in [0.15, 0.2) is 0 Å². The molecule has 0 bridgehead atoms. The van der Waals surface area contributed by atoms with Crippen molar-refractivity contribution in [3.8, 4) is 0 Å². The molecule has 3 unspecified atom stereocenters. The first kappa shape index (κ1) is 17.9. The van der Waals surface area contributed by atoms with E-state index < -0.39 is 24.1 Å². The molecule has 1 fully saturated rings. The van der Waals surface area contributed by atoms with Crippen LogP contribution >= 0.6 is 0 Å². The van der Waals surface area contributed by atoms with Gasteiger partial charge in [0, 0.05) is 13.1 Å². The van der Waals surface area contributed by atoms with E-state index in [4.69, 9.17) is 11.5 Å². The molecule has 2 amide bonds. The van der Waals surface area contributed by atoms with Crippen LogP contribution in [0.25, 0.3) is 0 Å². The van der Waals surface area contributed by atoms with Crippen LogP contribution in [-0.2, 0) is 9.59 Å². The number of likely N-dealkylation sites (tertiary alicyclic amines) is 1. The number of rotatable bonds is 8. The third kappa shape index (κ3) is 5.61. The third-order valence-electron chi connectivity index (χ3n) is 3.80. The molecule has 0 aliphatic carbocycles. The van der Waals surface area contributed by atoms with Gasteiger partial charge in [-0.15, -0.1) is 0 Å². The summed E-state index contributed by atoms with van der Waals surface area (Å²) in [4.78, 5) is 26.2. The summed E-state index contributed by atoms with van der Waals surface area (Å²) in [7, 11) is 0. The van der Waals surface area contributed by atoms with E-state index in [1.807, 2.05) is 0 Å². The monoisotopic (exact) mass is 300 g/mol. The molecule has 1 aliphatic rings. The third-order valence-corrected chi connectivity index (χ3v) is 3.80. The lowest BCUT2D eigenvalue weighted by molar-refractivity contribution is -0.136. The van der Waals surface area contributed by atoms with Crippen molar-refractivity contribution in [1.82, 2.24) is 10.2 Å². The van der Waals surface area contributed by atoms with Gasteiger partial charge in [0.15, 0.2) is 0 Å². The second-order valence-electron chi connectivity index (χ2n) is 5.64. The van der Waals surface area contributed by atoms with E-state index in [0.717, 1.165) is 38.8 Å². The highest BCUT2D eigenvalue weighted by Crippen LogP contribution is 2.12. The zero-order valence-corrected chi connectivity index (χ0v) is 12.8. The number of hydrogen-bond acceptors (Lipinski definition) is 5. The lowest BCUT2D eigenvalue weighted by Gasteiger charge is -2.25. The highest BCUT2D eigenvalue weighted by molar-refractivity contribution is 5.90. The molecule has 1 heterocycles. The van der Waals surface area contributed by atoms with Gasteiger partial charge in [-0.05, 0) is 45.6 Å². The minimum Gasteiger partial charge on any atom is -0.391 e. The number of nitrogens with zero attached hydrogens (tertiary/aromatic N) is 1. The molecule has 0 aromatic heterocycles. The molecular formula is C14H28N4O3. The maximum Gasteiger partial charge on any atom is 0.245 e. The molecule has 1 aliphatic heterocycles. The highest BCUT2D eigenvalue weighted by atomic mass is 16.3. The molecule has 3 atom stereocenters. The predicted molar refractivity (Wildman–Crippen MR) is 80.3 cm³/mol. The van der Waals surface area contributed by atoms with Crippen molar-refractivity contribution in [2.45, 2.75) is 57.2 Å². The molecule has 21 heavy (non-hydrogen) atoms. The van der Waals surface area contributed by atoms with E-state index in [2.05, 4.69) is 5.32 Å². The first-order chi connectivity index (χ1) is 9.97. The zero-order chi connectivity index (χ0) is 15.8. The molecule has 122 valence electrons. The Bertz CT molecular complexity index is 343. The molecule has 0 spiro atoms. The van der Waals surface area contributed by atoms with Gasteiger partial charge in [0.05, 0.1) is 6.10 Å². The summed E-state index contributed by atoms with van der Waals surface area (Å²) in [5.74, 6) is -0.550. The number of aliphatic hydroxyl groups excluding tert-OH is 1. The standard InChI is InChI=1S/C14H28N4O3/c1-10(19)12(16)13(20)17-11(6-2-3-7-15)14(21)18-8-4-5-9-18/h10-12,19H,2-9,15-16H2,1H3,(H,17,20). The summed E-state index contributed by atoms with van der Waals surface area (Å²) in [5.41, 5.74) is 11.1. The summed E-state index contributed by atoms with van der Waals surface area (Å²) in [6.07, 6.45) is 3.18. The van der Waals surface area contributed by atoms with Gasteiger partial charge in [-0.2, -0.15) is 0 Å². The minimum absolute atomic E-state index is 0.0596. The summed E-state index contributed by atoms with van der Waals surface area (Å²) in [6.45, 7) is 3.50. The molecule has 6 N–H and O–H groups in total. The van der Waals surface area contributed by atoms with Crippen LogP contribution in [0.5, 0.6) is 0 Å². The molecule has 1 rings (SSSR count). The lowest BCUT2D eigenvalue weighted by Crippen LogP contribution is -2.54. The number of nitrogens with two attached hydrogens (primary N) is 2. The smallest absolute Gasteiger partial charge is 0.245 e. The van der Waals surface area contributed by atoms with Gasteiger partial charge in [0.25, 0.3) is 0 Å². The first-order valence-corrected chi connectivity index (χ1v) is 7.70. The van der Waals surface area contributed by atoms with E-state index in [0.29, 0.717) is 13.0 Å². The number of hydrogen-bond donors (Lipinski definition) is 4. The van der Waals surface area contributed by atoms with E-state index in [1.54, 1.807) is 4.90 Å². The van der Waals surface area contributed by atoms with Crippen LogP contribution in [0, 0.1) is 0 Å². The average Bonchev–Trinajstić information content (AvgIpc) is 2.98. The van der Waals surface area contributed by atoms with E-state index in [1.165, 1.54) is 6.92 Å². The Morgan fingerprint density at radius 2 is 1.90 bits per heavy atom. The van der Waals surface area contributed by atoms with Crippen LogP contribution < -0.4 is 16.8 Å². The van der Waals surface area contributed by atoms with Gasteiger partial charge in [-0.3, -0.25) is 9.59 Å². The quantitative estimate of drug-likeness (QED) is 0.425. The molecule has 0 aromatic rings. The SMILES string of the molecule is CC(O)C(N)C(=O)NC(CCCCN)C(=O)N1CCCC1. The Morgan fingerprint density at radius 1 is 1.29 bits per heavy atom. The average molecular weight is 300 g/mol. The second kappa shape index (κ2) is 8.96. The summed E-state index contributed by atoms with van der Waals surface area (Å²) in [5, 5.41) is 12.0. The van der Waals surface area contributed by atoms with Crippen molar-refractivity contribution in [2.24, 2.45) is 11.5 Å². The molecule has 0 radical (unpaired) electrons. The van der Waals surface area contributed by atoms with Crippen LogP contribution in [0.4, 0.5) is 0 Å². The predicted octanol–water partition coefficient (Wildman–Crippen LogP) is -1.07. The maximum atomic E-state index is 12.4. The number of amides is 2. The van der Waals surface area contributed by atoms with Crippen LogP contribution in [0.3, 0.4) is 0 Å². The molecule has 0 saturated carbocycles. The van der Waals surface area contributed by atoms with Gasteiger partial charge >= 0.3 is 0 Å². The van der Waals surface area contributed by atoms with Crippen LogP contribution in [0.2, 0.25) is 0 Å². The molecular weight excluding hydrogens is 272 g/mol. The fourth-order valence-corrected chi connectivity index (χ4v) is 2.40. The number of carbonyl (C=O) groups is 2. The van der Waals surface area contributed by atoms with E-state index in [-0.39, 0.29) is 5.91 Å². The van der Waals surface area contributed by atoms with Crippen molar-refractivity contribution in [3.63, 3.8) is 0 Å². The minimum atomic E-state index is -1.02. The summed E-state index contributed by atoms with van der Waals surface area (Å²) >= 11 is 0. The van der Waals surface area contributed by atoms with Crippen molar-refractivity contribution >= 4 is 11.8 Å². The number of unbranched alkanes of at least 4 members (excludes halogenated alkanes) is 1. The van der Waals surface area contributed by atoms with Crippen LogP contribution in [-0.4, -0.2) is 59.6 Å². The Balaban J connectivity index is 2.62. The molecule has 7 heteroatoms. The van der Waals surface area contributed by atoms with E-state index >= 15 is 0 Å². The first-order valence-electron chi connectivity index (χ1n) is 7.70. The Hall–Kier alpha value is -1.18. The summed E-state index contributed by atoms with van der Waals surface area (Å²) in [6, 6.07) is -1.60. The number of aliphatic hydroxyl groups is 1. The largest absolute Gasteiger partial charge is 0.391 e. The van der Waals surface area contributed by atoms with Gasteiger partial charge in [0.1, 0.15) is 12.1 Å². The van der Waals surface area contributed by atoms with Gasteiger partial charge < -0.3 is 26.8 Å². The normalized spacial score (nSPS) is 19.1. The second-order valence-corrected chi connectivity index (χ2v) is 5.64. The van der Waals surface area contributed by atoms with Gasteiger partial charge in [-0.1, -0.05) is 0 Å². The van der Waals surface area contributed by atoms with Crippen molar-refractivity contribution < 1.29 is 14.7 Å².